The van der Waals surface area contributed by atoms with E-state index < -0.39 is 8.03 Å². The smallest absolute Gasteiger partial charge is 0.220 e. The minimum atomic E-state index is -2.18. The molecule has 0 radical (unpaired) electrons. The maximum Gasteiger partial charge on any atom is 0.220 e. The normalized spacial score (nSPS) is 13.0. The highest BCUT2D eigenvalue weighted by molar-refractivity contribution is 7.48. The lowest BCUT2D eigenvalue weighted by molar-refractivity contribution is 0.287. The molecule has 0 saturated heterocycles. The molecule has 0 saturated carbocycles. The van der Waals surface area contributed by atoms with Gasteiger partial charge in [0.05, 0.1) is 6.61 Å². The maximum atomic E-state index is 11.9. The monoisotopic (exact) mass is 242 g/mol. The fourth-order valence-electron chi connectivity index (χ4n) is 1.38. The maximum absolute atomic E-state index is 11.9. The Hall–Kier alpha value is -0.630. The number of aliphatic hydroxyl groups is 1. The molecule has 0 aliphatic heterocycles. The van der Waals surface area contributed by atoms with Crippen LogP contribution in [0, 0.1) is 5.92 Å². The Morgan fingerprint density at radius 3 is 2.69 bits per heavy atom. The molecular formula is C12H19O3P. The molecule has 0 fully saturated rings. The van der Waals surface area contributed by atoms with Crippen LogP contribution in [0.3, 0.4) is 0 Å². The summed E-state index contributed by atoms with van der Waals surface area (Å²) in [5.74, 6) is 0.374. The summed E-state index contributed by atoms with van der Waals surface area (Å²) in [7, 11) is -2.18. The van der Waals surface area contributed by atoms with Gasteiger partial charge in [0.1, 0.15) is 0 Å². The first-order valence-electron chi connectivity index (χ1n) is 5.51. The number of benzene rings is 1. The highest BCUT2D eigenvalue weighted by Crippen LogP contribution is 2.24. The number of hydrogen-bond donors (Lipinski definition) is 1. The Labute approximate surface area is 97.3 Å². The van der Waals surface area contributed by atoms with Gasteiger partial charge in [0.15, 0.2) is 0 Å². The molecule has 4 heteroatoms. The molecule has 1 rings (SSSR count). The van der Waals surface area contributed by atoms with Crippen LogP contribution in [0.4, 0.5) is 0 Å². The summed E-state index contributed by atoms with van der Waals surface area (Å²) in [5, 5.41) is 9.65. The van der Waals surface area contributed by atoms with Gasteiger partial charge >= 0.3 is 0 Å². The fourth-order valence-corrected chi connectivity index (χ4v) is 2.72. The Morgan fingerprint density at radius 2 is 2.06 bits per heavy atom. The third-order valence-electron chi connectivity index (χ3n) is 2.17. The number of rotatable bonds is 6. The average molecular weight is 242 g/mol. The minimum absolute atomic E-state index is 0.0658. The van der Waals surface area contributed by atoms with Crippen molar-refractivity contribution in [3.05, 3.63) is 29.8 Å². The molecule has 0 heterocycles. The summed E-state index contributed by atoms with van der Waals surface area (Å²) in [6, 6.07) is 7.42. The van der Waals surface area contributed by atoms with E-state index in [9.17, 15) is 4.57 Å². The SMILES string of the molecule is CC(C)CO[PH](=O)c1ccccc1CCO. The van der Waals surface area contributed by atoms with Gasteiger partial charge in [0.2, 0.25) is 8.03 Å². The summed E-state index contributed by atoms with van der Waals surface area (Å²) in [4.78, 5) is 0. The number of hydrogen-bond acceptors (Lipinski definition) is 3. The molecular weight excluding hydrogens is 223 g/mol. The van der Waals surface area contributed by atoms with Crippen LogP contribution < -0.4 is 5.30 Å². The second-order valence-electron chi connectivity index (χ2n) is 4.12. The zero-order chi connectivity index (χ0) is 12.0. The summed E-state index contributed by atoms with van der Waals surface area (Å²) < 4.78 is 17.3. The minimum Gasteiger partial charge on any atom is -0.396 e. The van der Waals surface area contributed by atoms with Crippen molar-refractivity contribution < 1.29 is 14.2 Å². The van der Waals surface area contributed by atoms with E-state index in [0.717, 1.165) is 10.9 Å². The summed E-state index contributed by atoms with van der Waals surface area (Å²) in [5.41, 5.74) is 0.914. The van der Waals surface area contributed by atoms with E-state index in [4.69, 9.17) is 9.63 Å². The summed E-state index contributed by atoms with van der Waals surface area (Å²) in [6.45, 7) is 4.62. The van der Waals surface area contributed by atoms with E-state index in [1.165, 1.54) is 0 Å². The molecule has 1 unspecified atom stereocenters. The Kier molecular flexibility index (Phi) is 5.75. The third-order valence-corrected chi connectivity index (χ3v) is 3.52. The van der Waals surface area contributed by atoms with Gasteiger partial charge in [0.25, 0.3) is 0 Å². The highest BCUT2D eigenvalue weighted by atomic mass is 31.1. The Morgan fingerprint density at radius 1 is 1.38 bits per heavy atom. The van der Waals surface area contributed by atoms with Crippen molar-refractivity contribution in [2.24, 2.45) is 5.92 Å². The molecule has 1 aromatic carbocycles. The van der Waals surface area contributed by atoms with Crippen LogP contribution in [0.15, 0.2) is 24.3 Å². The Bertz CT molecular complexity index is 350. The predicted molar refractivity (Wildman–Crippen MR) is 66.7 cm³/mol. The van der Waals surface area contributed by atoms with Crippen molar-refractivity contribution in [1.29, 1.82) is 0 Å². The largest absolute Gasteiger partial charge is 0.396 e. The van der Waals surface area contributed by atoms with Gasteiger partial charge in [-0.3, -0.25) is 4.57 Å². The molecule has 0 aromatic heterocycles. The van der Waals surface area contributed by atoms with Gasteiger partial charge in [0, 0.05) is 11.9 Å². The molecule has 1 N–H and O–H groups in total. The van der Waals surface area contributed by atoms with E-state index in [2.05, 4.69) is 0 Å². The van der Waals surface area contributed by atoms with Gasteiger partial charge in [-0.05, 0) is 24.0 Å². The van der Waals surface area contributed by atoms with Gasteiger partial charge < -0.3 is 9.63 Å². The van der Waals surface area contributed by atoms with Crippen LogP contribution >= 0.6 is 8.03 Å². The van der Waals surface area contributed by atoms with Crippen LogP contribution in [-0.4, -0.2) is 18.3 Å². The van der Waals surface area contributed by atoms with Crippen LogP contribution in [0.25, 0.3) is 0 Å². The lowest BCUT2D eigenvalue weighted by atomic mass is 10.2. The van der Waals surface area contributed by atoms with Crippen molar-refractivity contribution in [2.45, 2.75) is 20.3 Å². The second-order valence-corrected chi connectivity index (χ2v) is 5.53. The van der Waals surface area contributed by atoms with Crippen LogP contribution in [-0.2, 0) is 15.5 Å². The van der Waals surface area contributed by atoms with Gasteiger partial charge in [-0.25, -0.2) is 0 Å². The first kappa shape index (κ1) is 13.4. The second kappa shape index (κ2) is 6.85. The standard InChI is InChI=1S/C12H19O3P/c1-10(2)9-15-16(14)12-6-4-3-5-11(12)7-8-13/h3-6,10,13,16H,7-9H2,1-2H3. The molecule has 0 aliphatic carbocycles. The van der Waals surface area contributed by atoms with Gasteiger partial charge in [-0.15, -0.1) is 0 Å². The Balaban J connectivity index is 2.73. The molecule has 1 atom stereocenters. The highest BCUT2D eigenvalue weighted by Gasteiger charge is 2.09. The average Bonchev–Trinajstić information content (AvgIpc) is 2.27. The quantitative estimate of drug-likeness (QED) is 0.776. The van der Waals surface area contributed by atoms with Crippen molar-refractivity contribution in [2.75, 3.05) is 13.2 Å². The third kappa shape index (κ3) is 4.09. The topological polar surface area (TPSA) is 46.5 Å². The van der Waals surface area contributed by atoms with Crippen molar-refractivity contribution >= 4 is 13.3 Å². The lowest BCUT2D eigenvalue weighted by Gasteiger charge is -2.10. The van der Waals surface area contributed by atoms with Crippen LogP contribution in [0.1, 0.15) is 19.4 Å². The molecule has 0 bridgehead atoms. The van der Waals surface area contributed by atoms with Gasteiger partial charge in [-0.1, -0.05) is 32.0 Å². The van der Waals surface area contributed by atoms with Gasteiger partial charge in [-0.2, -0.15) is 0 Å². The number of aliphatic hydroxyl groups excluding tert-OH is 1. The van der Waals surface area contributed by atoms with Crippen LogP contribution in [0.2, 0.25) is 0 Å². The molecule has 1 aromatic rings. The molecule has 0 aliphatic rings. The van der Waals surface area contributed by atoms with E-state index >= 15 is 0 Å². The van der Waals surface area contributed by atoms with Crippen LogP contribution in [0.5, 0.6) is 0 Å². The molecule has 16 heavy (non-hydrogen) atoms. The molecule has 3 nitrogen and oxygen atoms in total. The lowest BCUT2D eigenvalue weighted by Crippen LogP contribution is -2.09. The zero-order valence-corrected chi connectivity index (χ0v) is 10.8. The van der Waals surface area contributed by atoms with E-state index in [0.29, 0.717) is 18.9 Å². The fraction of sp³-hybridized carbons (Fsp3) is 0.500. The van der Waals surface area contributed by atoms with Crippen molar-refractivity contribution in [3.8, 4) is 0 Å². The van der Waals surface area contributed by atoms with E-state index in [-0.39, 0.29) is 6.61 Å². The first-order chi connectivity index (χ1) is 7.65. The van der Waals surface area contributed by atoms with Crippen molar-refractivity contribution in [1.82, 2.24) is 0 Å². The molecule has 90 valence electrons. The van der Waals surface area contributed by atoms with Crippen molar-refractivity contribution in [3.63, 3.8) is 0 Å². The summed E-state index contributed by atoms with van der Waals surface area (Å²) >= 11 is 0. The zero-order valence-electron chi connectivity index (χ0n) is 9.77. The summed E-state index contributed by atoms with van der Waals surface area (Å²) in [6.07, 6.45) is 0.525. The predicted octanol–water partition coefficient (Wildman–Crippen LogP) is 1.99. The first-order valence-corrected chi connectivity index (χ1v) is 6.82. The van der Waals surface area contributed by atoms with E-state index in [1.54, 1.807) is 0 Å². The van der Waals surface area contributed by atoms with E-state index in [1.807, 2.05) is 38.1 Å². The molecule has 0 amide bonds. The molecule has 0 spiro atoms.